The van der Waals surface area contributed by atoms with E-state index in [1.54, 1.807) is 0 Å². The van der Waals surface area contributed by atoms with Crippen molar-refractivity contribution in [3.05, 3.63) is 24.3 Å². The molecule has 1 heteroatoms. The molecule has 0 aliphatic rings. The molecule has 0 aromatic rings. The van der Waals surface area contributed by atoms with Gasteiger partial charge in [-0.2, -0.15) is 0 Å². The molecular formula is C7H13N. The molecule has 0 aromatic heterocycles. The number of rotatable bonds is 3. The van der Waals surface area contributed by atoms with Crippen LogP contribution in [0.1, 0.15) is 6.92 Å². The molecule has 1 N–H and O–H groups in total. The quantitative estimate of drug-likeness (QED) is 0.542. The molecule has 8 heavy (non-hydrogen) atoms. The van der Waals surface area contributed by atoms with E-state index in [2.05, 4.69) is 11.4 Å². The van der Waals surface area contributed by atoms with E-state index in [0.29, 0.717) is 0 Å². The second kappa shape index (κ2) is 6.44. The van der Waals surface area contributed by atoms with Crippen LogP contribution in [0.15, 0.2) is 24.3 Å². The lowest BCUT2D eigenvalue weighted by Gasteiger charge is -1.82. The van der Waals surface area contributed by atoms with Crippen molar-refractivity contribution in [2.75, 3.05) is 13.6 Å². The zero-order valence-electron chi connectivity index (χ0n) is 5.52. The highest BCUT2D eigenvalue weighted by Gasteiger charge is 1.64. The summed E-state index contributed by atoms with van der Waals surface area (Å²) in [7, 11) is 1.93. The van der Waals surface area contributed by atoms with Gasteiger partial charge in [-0.15, -0.1) is 0 Å². The Labute approximate surface area is 51.1 Å². The van der Waals surface area contributed by atoms with E-state index >= 15 is 0 Å². The Morgan fingerprint density at radius 2 is 2.12 bits per heavy atom. The van der Waals surface area contributed by atoms with Gasteiger partial charge in [-0.05, 0) is 14.0 Å². The van der Waals surface area contributed by atoms with Crippen LogP contribution in [-0.4, -0.2) is 13.6 Å². The highest BCUT2D eigenvalue weighted by Crippen LogP contribution is 1.72. The van der Waals surface area contributed by atoms with Crippen molar-refractivity contribution in [2.45, 2.75) is 6.92 Å². The zero-order valence-corrected chi connectivity index (χ0v) is 5.52. The molecule has 1 nitrogen and oxygen atoms in total. The average molecular weight is 111 g/mol. The van der Waals surface area contributed by atoms with Crippen molar-refractivity contribution >= 4 is 0 Å². The van der Waals surface area contributed by atoms with Gasteiger partial charge >= 0.3 is 0 Å². The highest BCUT2D eigenvalue weighted by molar-refractivity contribution is 5.01. The Hall–Kier alpha value is -0.560. The van der Waals surface area contributed by atoms with E-state index in [1.807, 2.05) is 32.2 Å². The van der Waals surface area contributed by atoms with Gasteiger partial charge in [0.25, 0.3) is 0 Å². The second-order valence-corrected chi connectivity index (χ2v) is 1.51. The molecule has 0 saturated carbocycles. The summed E-state index contributed by atoms with van der Waals surface area (Å²) >= 11 is 0. The molecule has 0 rings (SSSR count). The Morgan fingerprint density at radius 3 is 2.62 bits per heavy atom. The Bertz CT molecular complexity index is 82.4. The van der Waals surface area contributed by atoms with Gasteiger partial charge in [0, 0.05) is 6.54 Å². The molecule has 0 atom stereocenters. The van der Waals surface area contributed by atoms with E-state index in [1.165, 1.54) is 0 Å². The number of hydrogen-bond acceptors (Lipinski definition) is 1. The summed E-state index contributed by atoms with van der Waals surface area (Å²) in [6, 6.07) is 0. The van der Waals surface area contributed by atoms with E-state index in [0.717, 1.165) is 6.54 Å². The number of likely N-dealkylation sites (N-methyl/N-ethyl adjacent to an activating group) is 1. The fourth-order valence-electron chi connectivity index (χ4n) is 0.376. The molecule has 0 unspecified atom stereocenters. The van der Waals surface area contributed by atoms with E-state index in [9.17, 15) is 0 Å². The molecule has 0 aliphatic heterocycles. The summed E-state index contributed by atoms with van der Waals surface area (Å²) in [5.74, 6) is 0. The predicted molar refractivity (Wildman–Crippen MR) is 37.9 cm³/mol. The maximum absolute atomic E-state index is 3.01. The molecule has 0 aliphatic carbocycles. The first-order valence-electron chi connectivity index (χ1n) is 2.84. The van der Waals surface area contributed by atoms with Crippen molar-refractivity contribution < 1.29 is 0 Å². The fraction of sp³-hybridized carbons (Fsp3) is 0.429. The lowest BCUT2D eigenvalue weighted by Crippen LogP contribution is -2.03. The number of hydrogen-bond donors (Lipinski definition) is 1. The lowest BCUT2D eigenvalue weighted by molar-refractivity contribution is 0.920. The first-order valence-corrected chi connectivity index (χ1v) is 2.84. The third kappa shape index (κ3) is 5.44. The van der Waals surface area contributed by atoms with Gasteiger partial charge in [0.15, 0.2) is 0 Å². The summed E-state index contributed by atoms with van der Waals surface area (Å²) in [4.78, 5) is 0. The van der Waals surface area contributed by atoms with Crippen LogP contribution >= 0.6 is 0 Å². The maximum atomic E-state index is 3.01. The molecule has 0 radical (unpaired) electrons. The van der Waals surface area contributed by atoms with Crippen LogP contribution in [0.25, 0.3) is 0 Å². The first kappa shape index (κ1) is 7.44. The zero-order chi connectivity index (χ0) is 6.24. The highest BCUT2D eigenvalue weighted by atomic mass is 14.8. The molecule has 0 amide bonds. The third-order valence-corrected chi connectivity index (χ3v) is 0.762. The van der Waals surface area contributed by atoms with Gasteiger partial charge in [0.2, 0.25) is 0 Å². The smallest absolute Gasteiger partial charge is 0.0134 e. The summed E-state index contributed by atoms with van der Waals surface area (Å²) in [6.07, 6.45) is 8.11. The first-order chi connectivity index (χ1) is 3.91. The standard InChI is InChI=1S/C7H13N/c1-3-4-5-6-7-8-2/h3-6,8H,7H2,1-2H3/b4-3-,6-5-. The SMILES string of the molecule is C/C=C\C=C/CNC. The topological polar surface area (TPSA) is 12.0 Å². The van der Waals surface area contributed by atoms with E-state index in [4.69, 9.17) is 0 Å². The van der Waals surface area contributed by atoms with E-state index < -0.39 is 0 Å². The minimum atomic E-state index is 0.949. The normalized spacial score (nSPS) is 11.8. The van der Waals surface area contributed by atoms with Crippen molar-refractivity contribution in [3.8, 4) is 0 Å². The average Bonchev–Trinajstić information content (AvgIpc) is 1.81. The fourth-order valence-corrected chi connectivity index (χ4v) is 0.376. The van der Waals surface area contributed by atoms with Gasteiger partial charge in [-0.3, -0.25) is 0 Å². The molecule has 0 saturated heterocycles. The van der Waals surface area contributed by atoms with Gasteiger partial charge in [-0.25, -0.2) is 0 Å². The summed E-state index contributed by atoms with van der Waals surface area (Å²) in [5.41, 5.74) is 0. The molecule has 0 heterocycles. The Balaban J connectivity index is 3.07. The number of nitrogens with one attached hydrogen (secondary N) is 1. The molecule has 0 fully saturated rings. The summed E-state index contributed by atoms with van der Waals surface area (Å²) in [6.45, 7) is 2.95. The maximum Gasteiger partial charge on any atom is 0.0134 e. The van der Waals surface area contributed by atoms with E-state index in [-0.39, 0.29) is 0 Å². The van der Waals surface area contributed by atoms with Crippen molar-refractivity contribution in [3.63, 3.8) is 0 Å². The molecule has 0 spiro atoms. The molecule has 0 aromatic carbocycles. The van der Waals surface area contributed by atoms with Crippen molar-refractivity contribution in [1.29, 1.82) is 0 Å². The minimum Gasteiger partial charge on any atom is -0.316 e. The van der Waals surface area contributed by atoms with Crippen molar-refractivity contribution in [1.82, 2.24) is 5.32 Å². The van der Waals surface area contributed by atoms with Crippen LogP contribution in [0, 0.1) is 0 Å². The summed E-state index contributed by atoms with van der Waals surface area (Å²) in [5, 5.41) is 3.01. The monoisotopic (exact) mass is 111 g/mol. The van der Waals surface area contributed by atoms with Crippen LogP contribution in [0.3, 0.4) is 0 Å². The second-order valence-electron chi connectivity index (χ2n) is 1.51. The molecular weight excluding hydrogens is 98.1 g/mol. The van der Waals surface area contributed by atoms with Gasteiger partial charge in [-0.1, -0.05) is 24.3 Å². The van der Waals surface area contributed by atoms with Crippen molar-refractivity contribution in [2.24, 2.45) is 0 Å². The van der Waals surface area contributed by atoms with Gasteiger partial charge < -0.3 is 5.32 Å². The van der Waals surface area contributed by atoms with Crippen LogP contribution < -0.4 is 5.32 Å². The predicted octanol–water partition coefficient (Wildman–Crippen LogP) is 1.34. The van der Waals surface area contributed by atoms with Crippen LogP contribution in [0.2, 0.25) is 0 Å². The minimum absolute atomic E-state index is 0.949. The Kier molecular flexibility index (Phi) is 5.99. The number of allylic oxidation sites excluding steroid dienone is 3. The van der Waals surface area contributed by atoms with Crippen LogP contribution in [0.5, 0.6) is 0 Å². The third-order valence-electron chi connectivity index (χ3n) is 0.762. The lowest BCUT2D eigenvalue weighted by atomic mass is 10.4. The molecule has 0 bridgehead atoms. The molecule has 46 valence electrons. The Morgan fingerprint density at radius 1 is 1.38 bits per heavy atom. The van der Waals surface area contributed by atoms with Crippen LogP contribution in [-0.2, 0) is 0 Å². The van der Waals surface area contributed by atoms with Crippen LogP contribution in [0.4, 0.5) is 0 Å². The van der Waals surface area contributed by atoms with Gasteiger partial charge in [0.1, 0.15) is 0 Å². The van der Waals surface area contributed by atoms with Gasteiger partial charge in [0.05, 0.1) is 0 Å². The largest absolute Gasteiger partial charge is 0.316 e. The summed E-state index contributed by atoms with van der Waals surface area (Å²) < 4.78 is 0.